The molecular weight excluding hydrogens is 270 g/mol. The lowest BCUT2D eigenvalue weighted by Gasteiger charge is -2.33. The van der Waals surface area contributed by atoms with Gasteiger partial charge in [-0.3, -0.25) is 0 Å². The monoisotopic (exact) mass is 297 g/mol. The molecule has 1 saturated carbocycles. The topological polar surface area (TPSA) is 37.4 Å². The van der Waals surface area contributed by atoms with Gasteiger partial charge in [-0.1, -0.05) is 19.8 Å². The Balaban J connectivity index is 1.84. The van der Waals surface area contributed by atoms with Crippen molar-refractivity contribution in [3.63, 3.8) is 0 Å². The highest BCUT2D eigenvalue weighted by Crippen LogP contribution is 2.31. The van der Waals surface area contributed by atoms with Crippen LogP contribution in [0.4, 0.5) is 5.13 Å². The molecule has 1 N–H and O–H groups in total. The van der Waals surface area contributed by atoms with Gasteiger partial charge in [0.05, 0.1) is 6.61 Å². The standard InChI is InChI=1S/C15H27N3OS/c1-12-5-4-6-13(9-12)18(2)15-17-11-14(20-15)10-16-7-8-19-3/h11-13,16H,4-10H2,1-3H3. The number of nitrogens with zero attached hydrogens (tertiary/aromatic N) is 2. The minimum absolute atomic E-state index is 0.666. The largest absolute Gasteiger partial charge is 0.383 e. The van der Waals surface area contributed by atoms with Crippen LogP contribution < -0.4 is 10.2 Å². The van der Waals surface area contributed by atoms with E-state index < -0.39 is 0 Å². The lowest BCUT2D eigenvalue weighted by molar-refractivity contribution is 0.199. The smallest absolute Gasteiger partial charge is 0.185 e. The lowest BCUT2D eigenvalue weighted by Crippen LogP contribution is -2.35. The zero-order valence-electron chi connectivity index (χ0n) is 12.9. The summed E-state index contributed by atoms with van der Waals surface area (Å²) in [6, 6.07) is 0.666. The van der Waals surface area contributed by atoms with Crippen LogP contribution in [0.5, 0.6) is 0 Å². The molecule has 1 fully saturated rings. The number of aromatic nitrogens is 1. The Hall–Kier alpha value is -0.650. The van der Waals surface area contributed by atoms with E-state index in [-0.39, 0.29) is 0 Å². The van der Waals surface area contributed by atoms with Crippen LogP contribution in [0.15, 0.2) is 6.20 Å². The number of rotatable bonds is 7. The van der Waals surface area contributed by atoms with Gasteiger partial charge < -0.3 is 15.0 Å². The normalized spacial score (nSPS) is 22.9. The van der Waals surface area contributed by atoms with Crippen LogP contribution in [0.25, 0.3) is 0 Å². The van der Waals surface area contributed by atoms with Crippen LogP contribution in [0.3, 0.4) is 0 Å². The van der Waals surface area contributed by atoms with Crippen molar-refractivity contribution >= 4 is 16.5 Å². The van der Waals surface area contributed by atoms with Crippen molar-refractivity contribution < 1.29 is 4.74 Å². The Morgan fingerprint density at radius 3 is 3.10 bits per heavy atom. The number of hydrogen-bond acceptors (Lipinski definition) is 5. The second-order valence-electron chi connectivity index (χ2n) is 5.82. The molecule has 0 aromatic carbocycles. The zero-order valence-corrected chi connectivity index (χ0v) is 13.7. The quantitative estimate of drug-likeness (QED) is 0.785. The Labute approximate surface area is 126 Å². The van der Waals surface area contributed by atoms with Gasteiger partial charge in [-0.15, -0.1) is 11.3 Å². The molecule has 2 unspecified atom stereocenters. The van der Waals surface area contributed by atoms with Gasteiger partial charge in [0, 0.05) is 44.4 Å². The molecule has 114 valence electrons. The molecule has 4 nitrogen and oxygen atoms in total. The highest BCUT2D eigenvalue weighted by molar-refractivity contribution is 7.15. The average molecular weight is 297 g/mol. The van der Waals surface area contributed by atoms with Crippen molar-refractivity contribution in [1.82, 2.24) is 10.3 Å². The van der Waals surface area contributed by atoms with E-state index in [0.29, 0.717) is 6.04 Å². The van der Waals surface area contributed by atoms with Gasteiger partial charge in [0.25, 0.3) is 0 Å². The fourth-order valence-corrected chi connectivity index (χ4v) is 3.75. The molecule has 1 aliphatic rings. The highest BCUT2D eigenvalue weighted by Gasteiger charge is 2.23. The van der Waals surface area contributed by atoms with Gasteiger partial charge in [-0.2, -0.15) is 0 Å². The van der Waals surface area contributed by atoms with Crippen molar-refractivity contribution in [2.24, 2.45) is 5.92 Å². The van der Waals surface area contributed by atoms with E-state index in [9.17, 15) is 0 Å². The van der Waals surface area contributed by atoms with Crippen molar-refractivity contribution in [3.8, 4) is 0 Å². The second kappa shape index (κ2) is 7.96. The molecule has 2 rings (SSSR count). The van der Waals surface area contributed by atoms with Gasteiger partial charge >= 0.3 is 0 Å². The molecule has 5 heteroatoms. The van der Waals surface area contributed by atoms with Crippen LogP contribution in [0.2, 0.25) is 0 Å². The summed E-state index contributed by atoms with van der Waals surface area (Å²) in [4.78, 5) is 8.27. The molecule has 0 amide bonds. The summed E-state index contributed by atoms with van der Waals surface area (Å²) in [7, 11) is 3.93. The second-order valence-corrected chi connectivity index (χ2v) is 6.91. The summed E-state index contributed by atoms with van der Waals surface area (Å²) in [5.74, 6) is 0.853. The first-order chi connectivity index (χ1) is 9.70. The van der Waals surface area contributed by atoms with Gasteiger partial charge in [-0.25, -0.2) is 4.98 Å². The summed E-state index contributed by atoms with van der Waals surface area (Å²) < 4.78 is 5.03. The van der Waals surface area contributed by atoms with E-state index in [2.05, 4.69) is 29.2 Å². The van der Waals surface area contributed by atoms with Crippen molar-refractivity contribution in [2.75, 3.05) is 32.2 Å². The Bertz CT molecular complexity index is 396. The Kier molecular flexibility index (Phi) is 6.26. The van der Waals surface area contributed by atoms with Gasteiger partial charge in [0.1, 0.15) is 0 Å². The maximum atomic E-state index is 5.03. The molecule has 20 heavy (non-hydrogen) atoms. The maximum absolute atomic E-state index is 5.03. The van der Waals surface area contributed by atoms with Crippen LogP contribution in [-0.2, 0) is 11.3 Å². The predicted molar refractivity (Wildman–Crippen MR) is 85.5 cm³/mol. The van der Waals surface area contributed by atoms with Crippen molar-refractivity contribution in [3.05, 3.63) is 11.1 Å². The molecule has 0 spiro atoms. The van der Waals surface area contributed by atoms with Crippen LogP contribution in [-0.4, -0.2) is 38.3 Å². The highest BCUT2D eigenvalue weighted by atomic mass is 32.1. The molecule has 1 aromatic heterocycles. The van der Waals surface area contributed by atoms with E-state index >= 15 is 0 Å². The first kappa shape index (κ1) is 15.7. The third-order valence-corrected chi connectivity index (χ3v) is 5.17. The van der Waals surface area contributed by atoms with Crippen molar-refractivity contribution in [2.45, 2.75) is 45.2 Å². The van der Waals surface area contributed by atoms with E-state index in [1.165, 1.54) is 30.6 Å². The van der Waals surface area contributed by atoms with E-state index in [1.807, 2.05) is 6.20 Å². The van der Waals surface area contributed by atoms with Gasteiger partial charge in [0.2, 0.25) is 0 Å². The number of methoxy groups -OCH3 is 1. The lowest BCUT2D eigenvalue weighted by atomic mass is 9.86. The van der Waals surface area contributed by atoms with E-state index in [0.717, 1.165) is 30.7 Å². The summed E-state index contributed by atoms with van der Waals surface area (Å²) in [5, 5.41) is 4.53. The number of hydrogen-bond donors (Lipinski definition) is 1. The molecule has 0 saturated heterocycles. The molecule has 2 atom stereocenters. The summed E-state index contributed by atoms with van der Waals surface area (Å²) >= 11 is 1.81. The Morgan fingerprint density at radius 2 is 2.35 bits per heavy atom. The number of anilines is 1. The zero-order chi connectivity index (χ0) is 14.4. The third-order valence-electron chi connectivity index (χ3n) is 4.08. The first-order valence-electron chi connectivity index (χ1n) is 7.58. The third kappa shape index (κ3) is 4.43. The molecule has 1 aromatic rings. The fraction of sp³-hybridized carbons (Fsp3) is 0.800. The molecule has 1 aliphatic carbocycles. The van der Waals surface area contributed by atoms with Crippen LogP contribution in [0, 0.1) is 5.92 Å². The molecule has 0 radical (unpaired) electrons. The maximum Gasteiger partial charge on any atom is 0.185 e. The SMILES string of the molecule is COCCNCc1cnc(N(C)C2CCCC(C)C2)s1. The Morgan fingerprint density at radius 1 is 1.50 bits per heavy atom. The summed E-state index contributed by atoms with van der Waals surface area (Å²) in [6.45, 7) is 4.90. The molecule has 0 aliphatic heterocycles. The fourth-order valence-electron chi connectivity index (χ4n) is 2.84. The van der Waals surface area contributed by atoms with Gasteiger partial charge in [-0.05, 0) is 18.8 Å². The predicted octanol–water partition coefficient (Wildman–Crippen LogP) is 2.89. The van der Waals surface area contributed by atoms with Crippen molar-refractivity contribution in [1.29, 1.82) is 0 Å². The van der Waals surface area contributed by atoms with Gasteiger partial charge in [0.15, 0.2) is 5.13 Å². The molecule has 0 bridgehead atoms. The molecule has 1 heterocycles. The number of thiazole rings is 1. The summed E-state index contributed by atoms with van der Waals surface area (Å²) in [6.07, 6.45) is 7.35. The minimum Gasteiger partial charge on any atom is -0.383 e. The first-order valence-corrected chi connectivity index (χ1v) is 8.39. The van der Waals surface area contributed by atoms with E-state index in [1.54, 1.807) is 18.4 Å². The van der Waals surface area contributed by atoms with E-state index in [4.69, 9.17) is 4.74 Å². The van der Waals surface area contributed by atoms with Crippen LogP contribution >= 0.6 is 11.3 Å². The summed E-state index contributed by atoms with van der Waals surface area (Å²) in [5.41, 5.74) is 0. The number of nitrogens with one attached hydrogen (secondary N) is 1. The molecular formula is C15H27N3OS. The minimum atomic E-state index is 0.666. The van der Waals surface area contributed by atoms with Crippen LogP contribution in [0.1, 0.15) is 37.5 Å². The average Bonchev–Trinajstić information content (AvgIpc) is 2.91. The number of ether oxygens (including phenoxy) is 1.